The molecule has 0 atom stereocenters. The molecular weight excluding hydrogens is 282 g/mol. The molecule has 0 amide bonds. The Kier molecular flexibility index (Phi) is 4.24. The summed E-state index contributed by atoms with van der Waals surface area (Å²) in [4.78, 5) is 13.4. The summed E-state index contributed by atoms with van der Waals surface area (Å²) in [5, 5.41) is 0. The molecular formula is C21H19NO. The molecule has 3 aromatic carbocycles. The lowest BCUT2D eigenvalue weighted by atomic mass is 10.1. The number of anilines is 3. The number of aldehydes is 1. The highest BCUT2D eigenvalue weighted by atomic mass is 16.1. The zero-order valence-electron chi connectivity index (χ0n) is 13.4. The maximum atomic E-state index is 11.2. The van der Waals surface area contributed by atoms with Crippen LogP contribution in [-0.4, -0.2) is 6.29 Å². The Morgan fingerprint density at radius 1 is 0.739 bits per heavy atom. The number of benzene rings is 3. The Morgan fingerprint density at radius 3 is 1.83 bits per heavy atom. The topological polar surface area (TPSA) is 20.3 Å². The maximum absolute atomic E-state index is 11.2. The second-order valence-corrected chi connectivity index (χ2v) is 5.62. The summed E-state index contributed by atoms with van der Waals surface area (Å²) in [7, 11) is 0. The zero-order valence-corrected chi connectivity index (χ0v) is 13.4. The largest absolute Gasteiger partial charge is 0.310 e. The van der Waals surface area contributed by atoms with Crippen molar-refractivity contribution in [3.63, 3.8) is 0 Å². The van der Waals surface area contributed by atoms with Crippen molar-refractivity contribution in [3.8, 4) is 0 Å². The van der Waals surface area contributed by atoms with Gasteiger partial charge in [-0.05, 0) is 49.2 Å². The molecule has 0 radical (unpaired) electrons. The molecule has 0 fully saturated rings. The molecule has 3 rings (SSSR count). The number of carbonyl (C=O) groups is 1. The summed E-state index contributed by atoms with van der Waals surface area (Å²) in [5.41, 5.74) is 6.27. The van der Waals surface area contributed by atoms with Crippen LogP contribution in [0.3, 0.4) is 0 Å². The van der Waals surface area contributed by atoms with Crippen LogP contribution >= 0.6 is 0 Å². The van der Waals surface area contributed by atoms with Crippen molar-refractivity contribution in [1.82, 2.24) is 0 Å². The van der Waals surface area contributed by atoms with Gasteiger partial charge in [0, 0.05) is 22.6 Å². The predicted molar refractivity (Wildman–Crippen MR) is 96.0 cm³/mol. The fraction of sp³-hybridized carbons (Fsp3) is 0.0952. The molecule has 0 spiro atoms. The minimum absolute atomic E-state index is 0.676. The standard InChI is InChI=1S/C21H19NO/c1-16-8-3-5-12-20(16)22(21-13-6-4-9-17(21)2)19-11-7-10-18(14-19)15-23/h3-15H,1-2H3. The SMILES string of the molecule is Cc1ccccc1N(c1cccc(C=O)c1)c1ccccc1C. The number of para-hydroxylation sites is 2. The van der Waals surface area contributed by atoms with Crippen LogP contribution < -0.4 is 4.90 Å². The van der Waals surface area contributed by atoms with Crippen LogP contribution in [0.15, 0.2) is 72.8 Å². The van der Waals surface area contributed by atoms with E-state index in [1.54, 1.807) is 0 Å². The molecule has 0 saturated carbocycles. The Balaban J connectivity index is 2.24. The van der Waals surface area contributed by atoms with Crippen molar-refractivity contribution in [2.45, 2.75) is 13.8 Å². The van der Waals surface area contributed by atoms with Crippen molar-refractivity contribution < 1.29 is 4.79 Å². The third-order valence-corrected chi connectivity index (χ3v) is 3.98. The van der Waals surface area contributed by atoms with Gasteiger partial charge >= 0.3 is 0 Å². The minimum Gasteiger partial charge on any atom is -0.310 e. The molecule has 0 heterocycles. The van der Waals surface area contributed by atoms with E-state index >= 15 is 0 Å². The lowest BCUT2D eigenvalue weighted by Gasteiger charge is -2.28. The Bertz CT molecular complexity index is 793. The van der Waals surface area contributed by atoms with Crippen LogP contribution in [0.2, 0.25) is 0 Å². The van der Waals surface area contributed by atoms with E-state index in [-0.39, 0.29) is 0 Å². The summed E-state index contributed by atoms with van der Waals surface area (Å²) < 4.78 is 0. The summed E-state index contributed by atoms with van der Waals surface area (Å²) >= 11 is 0. The first kappa shape index (κ1) is 15.0. The second-order valence-electron chi connectivity index (χ2n) is 5.62. The predicted octanol–water partition coefficient (Wildman–Crippen LogP) is 5.59. The number of hydrogen-bond donors (Lipinski definition) is 0. The summed E-state index contributed by atoms with van der Waals surface area (Å²) in [6.07, 6.45) is 0.886. The fourth-order valence-corrected chi connectivity index (χ4v) is 2.77. The van der Waals surface area contributed by atoms with Crippen molar-refractivity contribution in [2.75, 3.05) is 4.90 Å². The molecule has 0 N–H and O–H groups in total. The smallest absolute Gasteiger partial charge is 0.150 e. The third-order valence-electron chi connectivity index (χ3n) is 3.98. The van der Waals surface area contributed by atoms with Crippen LogP contribution in [0.4, 0.5) is 17.1 Å². The first-order chi connectivity index (χ1) is 11.2. The van der Waals surface area contributed by atoms with Gasteiger partial charge in [0.1, 0.15) is 6.29 Å². The van der Waals surface area contributed by atoms with Gasteiger partial charge in [0.2, 0.25) is 0 Å². The third kappa shape index (κ3) is 3.02. The number of carbonyl (C=O) groups excluding carboxylic acids is 1. The second kappa shape index (κ2) is 6.49. The van der Waals surface area contributed by atoms with Gasteiger partial charge in [0.25, 0.3) is 0 Å². The molecule has 0 aliphatic carbocycles. The summed E-state index contributed by atoms with van der Waals surface area (Å²) in [6.45, 7) is 4.20. The highest BCUT2D eigenvalue weighted by Gasteiger charge is 2.15. The average Bonchev–Trinajstić information content (AvgIpc) is 2.59. The van der Waals surface area contributed by atoms with Crippen LogP contribution in [-0.2, 0) is 0 Å². The number of nitrogens with zero attached hydrogens (tertiary/aromatic N) is 1. The summed E-state index contributed by atoms with van der Waals surface area (Å²) in [6, 6.07) is 24.3. The first-order valence-electron chi connectivity index (χ1n) is 7.67. The normalized spacial score (nSPS) is 10.3. The average molecular weight is 301 g/mol. The van der Waals surface area contributed by atoms with E-state index in [2.05, 4.69) is 43.0 Å². The molecule has 0 aliphatic rings. The van der Waals surface area contributed by atoms with Gasteiger partial charge in [0.15, 0.2) is 0 Å². The van der Waals surface area contributed by atoms with Crippen LogP contribution in [0.5, 0.6) is 0 Å². The zero-order chi connectivity index (χ0) is 16.2. The molecule has 2 heteroatoms. The molecule has 0 unspecified atom stereocenters. The van der Waals surface area contributed by atoms with Crippen LogP contribution in [0.25, 0.3) is 0 Å². The Labute approximate surface area is 137 Å². The van der Waals surface area contributed by atoms with E-state index in [0.717, 1.165) is 23.3 Å². The van der Waals surface area contributed by atoms with Gasteiger partial charge in [0.05, 0.1) is 0 Å². The van der Waals surface area contributed by atoms with Crippen LogP contribution in [0.1, 0.15) is 21.5 Å². The van der Waals surface area contributed by atoms with E-state index in [9.17, 15) is 4.79 Å². The van der Waals surface area contributed by atoms with E-state index in [0.29, 0.717) is 5.56 Å². The molecule has 0 saturated heterocycles. The van der Waals surface area contributed by atoms with Gasteiger partial charge in [-0.2, -0.15) is 0 Å². The van der Waals surface area contributed by atoms with Crippen molar-refractivity contribution >= 4 is 23.3 Å². The van der Waals surface area contributed by atoms with E-state index in [4.69, 9.17) is 0 Å². The molecule has 0 aromatic heterocycles. The monoisotopic (exact) mass is 301 g/mol. The molecule has 23 heavy (non-hydrogen) atoms. The fourth-order valence-electron chi connectivity index (χ4n) is 2.77. The molecule has 3 aromatic rings. The van der Waals surface area contributed by atoms with Crippen LogP contribution in [0, 0.1) is 13.8 Å². The van der Waals surface area contributed by atoms with Gasteiger partial charge in [-0.3, -0.25) is 4.79 Å². The highest BCUT2D eigenvalue weighted by Crippen LogP contribution is 2.37. The quantitative estimate of drug-likeness (QED) is 0.586. The number of rotatable bonds is 4. The van der Waals surface area contributed by atoms with Gasteiger partial charge in [-0.1, -0.05) is 48.5 Å². The molecule has 114 valence electrons. The number of hydrogen-bond acceptors (Lipinski definition) is 2. The van der Waals surface area contributed by atoms with Crippen molar-refractivity contribution in [2.24, 2.45) is 0 Å². The van der Waals surface area contributed by atoms with Gasteiger partial charge < -0.3 is 4.90 Å². The highest BCUT2D eigenvalue weighted by molar-refractivity contribution is 5.83. The van der Waals surface area contributed by atoms with Gasteiger partial charge in [-0.25, -0.2) is 0 Å². The Hall–Kier alpha value is -2.87. The summed E-state index contributed by atoms with van der Waals surface area (Å²) in [5.74, 6) is 0. The molecule has 0 aliphatic heterocycles. The molecule has 2 nitrogen and oxygen atoms in total. The van der Waals surface area contributed by atoms with E-state index in [1.807, 2.05) is 48.5 Å². The lowest BCUT2D eigenvalue weighted by Crippen LogP contribution is -2.12. The van der Waals surface area contributed by atoms with E-state index in [1.165, 1.54) is 11.1 Å². The minimum atomic E-state index is 0.676. The Morgan fingerprint density at radius 2 is 1.30 bits per heavy atom. The van der Waals surface area contributed by atoms with Crippen molar-refractivity contribution in [1.29, 1.82) is 0 Å². The van der Waals surface area contributed by atoms with E-state index < -0.39 is 0 Å². The van der Waals surface area contributed by atoms with Crippen molar-refractivity contribution in [3.05, 3.63) is 89.5 Å². The lowest BCUT2D eigenvalue weighted by molar-refractivity contribution is 0.112. The maximum Gasteiger partial charge on any atom is 0.150 e. The first-order valence-corrected chi connectivity index (χ1v) is 7.67. The number of aryl methyl sites for hydroxylation is 2. The molecule has 0 bridgehead atoms. The van der Waals surface area contributed by atoms with Gasteiger partial charge in [-0.15, -0.1) is 0 Å².